The van der Waals surface area contributed by atoms with Crippen molar-refractivity contribution in [1.82, 2.24) is 20.0 Å². The van der Waals surface area contributed by atoms with Crippen LogP contribution in [0.2, 0.25) is 0 Å². The molecular formula is C19H26N4O2. The molecular weight excluding hydrogens is 316 g/mol. The van der Waals surface area contributed by atoms with E-state index in [1.165, 1.54) is 10.7 Å². The van der Waals surface area contributed by atoms with Crippen LogP contribution >= 0.6 is 0 Å². The summed E-state index contributed by atoms with van der Waals surface area (Å²) in [5.41, 5.74) is 2.00. The predicted molar refractivity (Wildman–Crippen MR) is 98.3 cm³/mol. The van der Waals surface area contributed by atoms with Gasteiger partial charge in [0.25, 0.3) is 11.5 Å². The number of hydrogen-bond acceptors (Lipinski definition) is 3. The van der Waals surface area contributed by atoms with Crippen molar-refractivity contribution in [1.29, 1.82) is 0 Å². The van der Waals surface area contributed by atoms with Gasteiger partial charge in [0, 0.05) is 18.7 Å². The maximum Gasteiger partial charge on any atom is 0.272 e. The Morgan fingerprint density at radius 1 is 1.24 bits per heavy atom. The number of amides is 1. The maximum absolute atomic E-state index is 13.0. The Morgan fingerprint density at radius 2 is 1.92 bits per heavy atom. The summed E-state index contributed by atoms with van der Waals surface area (Å²) in [5.74, 6) is -0.0864. The Bertz CT molecular complexity index is 769. The molecule has 6 heteroatoms. The van der Waals surface area contributed by atoms with Gasteiger partial charge in [-0.3, -0.25) is 14.7 Å². The molecule has 1 aromatic heterocycles. The standard InChI is InChI=1S/C19H26N4O2/c1-3-12-22(15-8-10-20-11-9-15)19(25)17-13-18(24)23(21-17)16-6-4-14(2)5-7-16/h4-7,13,15,20-21H,3,8-12H2,1-2H3. The molecule has 25 heavy (non-hydrogen) atoms. The van der Waals surface area contributed by atoms with Gasteiger partial charge in [-0.15, -0.1) is 0 Å². The van der Waals surface area contributed by atoms with Crippen LogP contribution in [0.25, 0.3) is 5.69 Å². The predicted octanol–water partition coefficient (Wildman–Crippen LogP) is 2.08. The summed E-state index contributed by atoms with van der Waals surface area (Å²) in [7, 11) is 0. The lowest BCUT2D eigenvalue weighted by molar-refractivity contribution is 0.0636. The van der Waals surface area contributed by atoms with Crippen molar-refractivity contribution in [2.24, 2.45) is 0 Å². The lowest BCUT2D eigenvalue weighted by Crippen LogP contribution is -2.46. The molecule has 1 fully saturated rings. The lowest BCUT2D eigenvalue weighted by Gasteiger charge is -2.34. The minimum Gasteiger partial charge on any atom is -0.334 e. The number of rotatable bonds is 5. The number of piperidine rings is 1. The Labute approximate surface area is 147 Å². The van der Waals surface area contributed by atoms with Gasteiger partial charge in [-0.25, -0.2) is 4.68 Å². The fourth-order valence-electron chi connectivity index (χ4n) is 3.35. The average Bonchev–Trinajstić information content (AvgIpc) is 3.02. The van der Waals surface area contributed by atoms with Crippen LogP contribution in [0, 0.1) is 6.92 Å². The molecule has 0 bridgehead atoms. The van der Waals surface area contributed by atoms with E-state index in [4.69, 9.17) is 0 Å². The van der Waals surface area contributed by atoms with Crippen LogP contribution in [0.4, 0.5) is 0 Å². The van der Waals surface area contributed by atoms with Gasteiger partial charge >= 0.3 is 0 Å². The van der Waals surface area contributed by atoms with Crippen LogP contribution in [0.1, 0.15) is 42.2 Å². The van der Waals surface area contributed by atoms with Gasteiger partial charge in [-0.1, -0.05) is 24.6 Å². The second-order valence-corrected chi connectivity index (χ2v) is 6.66. The quantitative estimate of drug-likeness (QED) is 0.874. The Morgan fingerprint density at radius 3 is 2.56 bits per heavy atom. The third-order valence-electron chi connectivity index (χ3n) is 4.72. The molecule has 1 aromatic carbocycles. The Hall–Kier alpha value is -2.34. The third kappa shape index (κ3) is 3.85. The first-order chi connectivity index (χ1) is 12.1. The van der Waals surface area contributed by atoms with Crippen molar-refractivity contribution in [3.63, 3.8) is 0 Å². The van der Waals surface area contributed by atoms with E-state index in [2.05, 4.69) is 17.3 Å². The molecule has 1 amide bonds. The molecule has 0 radical (unpaired) electrons. The largest absolute Gasteiger partial charge is 0.334 e. The summed E-state index contributed by atoms with van der Waals surface area (Å²) in [4.78, 5) is 27.3. The van der Waals surface area contributed by atoms with Gasteiger partial charge in [0.15, 0.2) is 0 Å². The van der Waals surface area contributed by atoms with Gasteiger partial charge in [0.1, 0.15) is 5.69 Å². The Kier molecular flexibility index (Phi) is 5.38. The molecule has 3 rings (SSSR count). The van der Waals surface area contributed by atoms with Gasteiger partial charge in [-0.2, -0.15) is 0 Å². The fourth-order valence-corrected chi connectivity index (χ4v) is 3.35. The Balaban J connectivity index is 1.86. The number of aromatic amines is 1. The van der Waals surface area contributed by atoms with Crippen molar-refractivity contribution in [2.75, 3.05) is 19.6 Å². The van der Waals surface area contributed by atoms with E-state index in [1.54, 1.807) is 0 Å². The van der Waals surface area contributed by atoms with E-state index in [9.17, 15) is 9.59 Å². The number of aromatic nitrogens is 2. The minimum atomic E-state index is -0.214. The van der Waals surface area contributed by atoms with E-state index >= 15 is 0 Å². The average molecular weight is 342 g/mol. The van der Waals surface area contributed by atoms with E-state index in [0.29, 0.717) is 12.2 Å². The first-order valence-corrected chi connectivity index (χ1v) is 9.01. The summed E-state index contributed by atoms with van der Waals surface area (Å²) in [5, 5.41) is 6.32. The zero-order chi connectivity index (χ0) is 17.8. The highest BCUT2D eigenvalue weighted by molar-refractivity contribution is 5.92. The minimum absolute atomic E-state index is 0.0864. The second-order valence-electron chi connectivity index (χ2n) is 6.66. The molecule has 2 aromatic rings. The number of nitrogens with zero attached hydrogens (tertiary/aromatic N) is 2. The topological polar surface area (TPSA) is 70.1 Å². The van der Waals surface area contributed by atoms with E-state index in [-0.39, 0.29) is 17.5 Å². The van der Waals surface area contributed by atoms with Crippen molar-refractivity contribution < 1.29 is 4.79 Å². The molecule has 6 nitrogen and oxygen atoms in total. The summed E-state index contributed by atoms with van der Waals surface area (Å²) in [6.45, 7) is 6.64. The number of hydrogen-bond donors (Lipinski definition) is 2. The van der Waals surface area contributed by atoms with Gasteiger partial charge in [-0.05, 0) is 51.4 Å². The van der Waals surface area contributed by atoms with Crippen molar-refractivity contribution >= 4 is 5.91 Å². The SMILES string of the molecule is CCCN(C(=O)c1cc(=O)n(-c2ccc(C)cc2)[nH]1)C1CCNCC1. The van der Waals surface area contributed by atoms with Crippen LogP contribution < -0.4 is 10.9 Å². The number of carbonyl (C=O) groups is 1. The van der Waals surface area contributed by atoms with Crippen LogP contribution in [-0.2, 0) is 0 Å². The lowest BCUT2D eigenvalue weighted by atomic mass is 10.0. The number of benzene rings is 1. The first kappa shape index (κ1) is 17.5. The molecule has 0 saturated carbocycles. The number of aryl methyl sites for hydroxylation is 1. The van der Waals surface area contributed by atoms with Crippen LogP contribution in [0.15, 0.2) is 35.1 Å². The molecule has 0 aliphatic carbocycles. The maximum atomic E-state index is 13.0. The molecule has 0 unspecified atom stereocenters. The molecule has 0 atom stereocenters. The van der Waals surface area contributed by atoms with Gasteiger partial charge in [0.05, 0.1) is 5.69 Å². The van der Waals surface area contributed by atoms with Crippen molar-refractivity contribution in [3.05, 3.63) is 51.9 Å². The van der Waals surface area contributed by atoms with E-state index < -0.39 is 0 Å². The number of H-pyrrole nitrogens is 1. The highest BCUT2D eigenvalue weighted by atomic mass is 16.2. The molecule has 2 heterocycles. The molecule has 0 spiro atoms. The zero-order valence-corrected chi connectivity index (χ0v) is 14.9. The van der Waals surface area contributed by atoms with E-state index in [0.717, 1.165) is 43.6 Å². The number of nitrogens with one attached hydrogen (secondary N) is 2. The smallest absolute Gasteiger partial charge is 0.272 e. The van der Waals surface area contributed by atoms with Crippen molar-refractivity contribution in [3.8, 4) is 5.69 Å². The van der Waals surface area contributed by atoms with Crippen LogP contribution in [0.5, 0.6) is 0 Å². The highest BCUT2D eigenvalue weighted by Crippen LogP contribution is 2.16. The monoisotopic (exact) mass is 342 g/mol. The molecule has 2 N–H and O–H groups in total. The highest BCUT2D eigenvalue weighted by Gasteiger charge is 2.27. The molecule has 1 saturated heterocycles. The van der Waals surface area contributed by atoms with Gasteiger partial charge < -0.3 is 10.2 Å². The summed E-state index contributed by atoms with van der Waals surface area (Å²) in [6.07, 6.45) is 2.81. The first-order valence-electron chi connectivity index (χ1n) is 9.01. The van der Waals surface area contributed by atoms with Gasteiger partial charge in [0.2, 0.25) is 0 Å². The summed E-state index contributed by atoms with van der Waals surface area (Å²) < 4.78 is 1.43. The number of carbonyl (C=O) groups excluding carboxylic acids is 1. The van der Waals surface area contributed by atoms with E-state index in [1.807, 2.05) is 36.1 Å². The van der Waals surface area contributed by atoms with Crippen LogP contribution in [-0.4, -0.2) is 46.3 Å². The normalized spacial score (nSPS) is 15.3. The van der Waals surface area contributed by atoms with Crippen LogP contribution in [0.3, 0.4) is 0 Å². The summed E-state index contributed by atoms with van der Waals surface area (Å²) >= 11 is 0. The third-order valence-corrected chi connectivity index (χ3v) is 4.72. The second kappa shape index (κ2) is 7.70. The molecule has 134 valence electrons. The summed E-state index contributed by atoms with van der Waals surface area (Å²) in [6, 6.07) is 9.28. The molecule has 1 aliphatic rings. The van der Waals surface area contributed by atoms with Crippen molar-refractivity contribution in [2.45, 2.75) is 39.2 Å². The zero-order valence-electron chi connectivity index (χ0n) is 14.9. The molecule has 1 aliphatic heterocycles. The fraction of sp³-hybridized carbons (Fsp3) is 0.474.